The molecule has 1 aliphatic carbocycles. The standard InChI is InChI=1S/C12H16N2O2/c1-9-3-2-4-10(6-5-9)16-11-7-14(8-11)12(13)15/h2-3,5-6,11H,4,7-8H2,1H3,(H2,13,15). The molecule has 1 fully saturated rings. The lowest BCUT2D eigenvalue weighted by atomic mass is 10.2. The minimum atomic E-state index is -0.370. The summed E-state index contributed by atoms with van der Waals surface area (Å²) in [6.45, 7) is 3.24. The van der Waals surface area contributed by atoms with Gasteiger partial charge in [-0.25, -0.2) is 4.79 Å². The minimum absolute atomic E-state index is 0.0963. The number of nitrogens with zero attached hydrogens (tertiary/aromatic N) is 1. The second-order valence-electron chi connectivity index (χ2n) is 4.13. The Kier molecular flexibility index (Phi) is 2.99. The average molecular weight is 220 g/mol. The lowest BCUT2D eigenvalue weighted by Crippen LogP contribution is -2.56. The van der Waals surface area contributed by atoms with E-state index in [9.17, 15) is 4.79 Å². The fourth-order valence-corrected chi connectivity index (χ4v) is 1.70. The van der Waals surface area contributed by atoms with Gasteiger partial charge in [0.05, 0.1) is 13.1 Å². The lowest BCUT2D eigenvalue weighted by Gasteiger charge is -2.38. The Labute approximate surface area is 95.0 Å². The highest BCUT2D eigenvalue weighted by Gasteiger charge is 2.31. The summed E-state index contributed by atoms with van der Waals surface area (Å²) >= 11 is 0. The van der Waals surface area contributed by atoms with E-state index in [0.29, 0.717) is 13.1 Å². The van der Waals surface area contributed by atoms with Gasteiger partial charge in [-0.3, -0.25) is 0 Å². The zero-order valence-corrected chi connectivity index (χ0v) is 9.35. The fraction of sp³-hybridized carbons (Fsp3) is 0.417. The number of amides is 2. The third-order valence-corrected chi connectivity index (χ3v) is 2.71. The van der Waals surface area contributed by atoms with Crippen LogP contribution in [0.5, 0.6) is 0 Å². The Balaban J connectivity index is 1.84. The molecule has 0 spiro atoms. The third-order valence-electron chi connectivity index (χ3n) is 2.71. The van der Waals surface area contributed by atoms with Crippen molar-refractivity contribution in [3.05, 3.63) is 35.6 Å². The van der Waals surface area contributed by atoms with Gasteiger partial charge in [-0.2, -0.15) is 0 Å². The molecule has 0 radical (unpaired) electrons. The summed E-state index contributed by atoms with van der Waals surface area (Å²) in [5.74, 6) is 0.947. The first-order valence-corrected chi connectivity index (χ1v) is 5.40. The smallest absolute Gasteiger partial charge is 0.315 e. The first-order chi connectivity index (χ1) is 7.65. The van der Waals surface area contributed by atoms with Crippen LogP contribution in [0.25, 0.3) is 0 Å². The maximum Gasteiger partial charge on any atom is 0.315 e. The quantitative estimate of drug-likeness (QED) is 0.767. The Morgan fingerprint density at radius 3 is 2.94 bits per heavy atom. The number of hydrogen-bond donors (Lipinski definition) is 1. The molecule has 2 amide bonds. The van der Waals surface area contributed by atoms with Crippen LogP contribution in [-0.2, 0) is 4.74 Å². The number of urea groups is 1. The molecule has 4 nitrogen and oxygen atoms in total. The van der Waals surface area contributed by atoms with Crippen molar-refractivity contribution in [2.45, 2.75) is 19.4 Å². The SMILES string of the molecule is CC1=CC=C(OC2CN(C(N)=O)C2)CC=C1. The van der Waals surface area contributed by atoms with Crippen LogP contribution >= 0.6 is 0 Å². The molecule has 1 aliphatic heterocycles. The van der Waals surface area contributed by atoms with Crippen molar-refractivity contribution in [2.75, 3.05) is 13.1 Å². The lowest BCUT2D eigenvalue weighted by molar-refractivity contribution is 0.00120. The van der Waals surface area contributed by atoms with Crippen LogP contribution in [0.2, 0.25) is 0 Å². The van der Waals surface area contributed by atoms with Crippen molar-refractivity contribution in [1.82, 2.24) is 4.90 Å². The van der Waals surface area contributed by atoms with Crippen molar-refractivity contribution < 1.29 is 9.53 Å². The number of hydrogen-bond acceptors (Lipinski definition) is 2. The normalized spacial score (nSPS) is 20.7. The molecule has 2 rings (SSSR count). The number of primary amides is 1. The zero-order chi connectivity index (χ0) is 11.5. The molecule has 0 aromatic rings. The molecule has 4 heteroatoms. The molecule has 1 saturated heterocycles. The van der Waals surface area contributed by atoms with Crippen molar-refractivity contribution >= 4 is 6.03 Å². The number of rotatable bonds is 2. The highest BCUT2D eigenvalue weighted by atomic mass is 16.5. The Bertz CT molecular complexity index is 376. The molecule has 2 aliphatic rings. The Morgan fingerprint density at radius 1 is 1.50 bits per heavy atom. The number of carbonyl (C=O) groups is 1. The predicted molar refractivity (Wildman–Crippen MR) is 61.6 cm³/mol. The van der Waals surface area contributed by atoms with E-state index in [1.54, 1.807) is 4.90 Å². The number of allylic oxidation sites excluding steroid dienone is 5. The van der Waals surface area contributed by atoms with E-state index < -0.39 is 0 Å². The largest absolute Gasteiger partial charge is 0.491 e. The van der Waals surface area contributed by atoms with Gasteiger partial charge < -0.3 is 15.4 Å². The molecular weight excluding hydrogens is 204 g/mol. The highest BCUT2D eigenvalue weighted by Crippen LogP contribution is 2.19. The molecule has 0 bridgehead atoms. The van der Waals surface area contributed by atoms with Crippen molar-refractivity contribution in [3.63, 3.8) is 0 Å². The molecule has 0 atom stereocenters. The van der Waals surface area contributed by atoms with Gasteiger partial charge in [-0.05, 0) is 13.0 Å². The molecule has 86 valence electrons. The van der Waals surface area contributed by atoms with Crippen LogP contribution in [0.1, 0.15) is 13.3 Å². The van der Waals surface area contributed by atoms with Crippen LogP contribution in [0.3, 0.4) is 0 Å². The van der Waals surface area contributed by atoms with E-state index in [0.717, 1.165) is 12.2 Å². The second-order valence-corrected chi connectivity index (χ2v) is 4.13. The van der Waals surface area contributed by atoms with E-state index in [1.807, 2.05) is 19.1 Å². The number of nitrogens with two attached hydrogens (primary N) is 1. The summed E-state index contributed by atoms with van der Waals surface area (Å²) in [5.41, 5.74) is 6.35. The van der Waals surface area contributed by atoms with Gasteiger partial charge in [0, 0.05) is 6.42 Å². The van der Waals surface area contributed by atoms with Gasteiger partial charge in [0.2, 0.25) is 0 Å². The Hall–Kier alpha value is -1.71. The summed E-state index contributed by atoms with van der Waals surface area (Å²) < 4.78 is 5.75. The summed E-state index contributed by atoms with van der Waals surface area (Å²) in [4.78, 5) is 12.3. The molecule has 0 aromatic heterocycles. The summed E-state index contributed by atoms with van der Waals surface area (Å²) in [7, 11) is 0. The van der Waals surface area contributed by atoms with Crippen LogP contribution in [0.15, 0.2) is 35.6 Å². The van der Waals surface area contributed by atoms with E-state index in [4.69, 9.17) is 10.5 Å². The number of ether oxygens (including phenoxy) is 1. The van der Waals surface area contributed by atoms with Crippen LogP contribution in [-0.4, -0.2) is 30.1 Å². The zero-order valence-electron chi connectivity index (χ0n) is 9.35. The van der Waals surface area contributed by atoms with Crippen molar-refractivity contribution in [1.29, 1.82) is 0 Å². The minimum Gasteiger partial charge on any atom is -0.491 e. The molecule has 16 heavy (non-hydrogen) atoms. The van der Waals surface area contributed by atoms with Gasteiger partial charge in [-0.1, -0.05) is 23.8 Å². The second kappa shape index (κ2) is 4.43. The summed E-state index contributed by atoms with van der Waals surface area (Å²) in [6.07, 6.45) is 9.07. The molecule has 0 unspecified atom stereocenters. The van der Waals surface area contributed by atoms with E-state index in [-0.39, 0.29) is 12.1 Å². The maximum atomic E-state index is 10.8. The fourth-order valence-electron chi connectivity index (χ4n) is 1.70. The molecule has 0 saturated carbocycles. The Morgan fingerprint density at radius 2 is 2.25 bits per heavy atom. The predicted octanol–water partition coefficient (Wildman–Crippen LogP) is 1.56. The van der Waals surface area contributed by atoms with Gasteiger partial charge >= 0.3 is 6.03 Å². The first-order valence-electron chi connectivity index (χ1n) is 5.40. The van der Waals surface area contributed by atoms with Gasteiger partial charge in [-0.15, -0.1) is 0 Å². The topological polar surface area (TPSA) is 55.6 Å². The van der Waals surface area contributed by atoms with E-state index >= 15 is 0 Å². The number of likely N-dealkylation sites (tertiary alicyclic amines) is 1. The average Bonchev–Trinajstić information content (AvgIpc) is 2.35. The molecule has 1 heterocycles. The third kappa shape index (κ3) is 2.45. The monoisotopic (exact) mass is 220 g/mol. The van der Waals surface area contributed by atoms with Gasteiger partial charge in [0.15, 0.2) is 0 Å². The van der Waals surface area contributed by atoms with Crippen LogP contribution in [0.4, 0.5) is 4.79 Å². The van der Waals surface area contributed by atoms with Gasteiger partial charge in [0.25, 0.3) is 0 Å². The van der Waals surface area contributed by atoms with Gasteiger partial charge in [0.1, 0.15) is 11.9 Å². The van der Waals surface area contributed by atoms with Crippen LogP contribution in [0, 0.1) is 0 Å². The molecular formula is C12H16N2O2. The summed E-state index contributed by atoms with van der Waals surface area (Å²) in [6, 6.07) is -0.370. The van der Waals surface area contributed by atoms with Crippen LogP contribution < -0.4 is 5.73 Å². The highest BCUT2D eigenvalue weighted by molar-refractivity contribution is 5.73. The molecule has 0 aromatic carbocycles. The summed E-state index contributed by atoms with van der Waals surface area (Å²) in [5, 5.41) is 0. The first kappa shape index (κ1) is 10.8. The number of carbonyl (C=O) groups excluding carboxylic acids is 1. The van der Waals surface area contributed by atoms with E-state index in [1.165, 1.54) is 5.57 Å². The van der Waals surface area contributed by atoms with E-state index in [2.05, 4.69) is 12.2 Å². The molecule has 2 N–H and O–H groups in total. The van der Waals surface area contributed by atoms with Crippen molar-refractivity contribution in [3.8, 4) is 0 Å². The maximum absolute atomic E-state index is 10.8. The van der Waals surface area contributed by atoms with Crippen molar-refractivity contribution in [2.24, 2.45) is 5.73 Å².